The number of fused-ring (bicyclic) bond motifs is 1. The second-order valence-electron chi connectivity index (χ2n) is 4.18. The van der Waals surface area contributed by atoms with Gasteiger partial charge >= 0.3 is 0 Å². The third kappa shape index (κ3) is 2.58. The molecule has 0 amide bonds. The summed E-state index contributed by atoms with van der Waals surface area (Å²) in [6.45, 7) is 3.72. The fourth-order valence-corrected chi connectivity index (χ4v) is 2.27. The zero-order valence-corrected chi connectivity index (χ0v) is 10.3. The molecule has 0 aromatic heterocycles. The van der Waals surface area contributed by atoms with Crippen LogP contribution in [0.2, 0.25) is 0 Å². The monoisotopic (exact) mass is 232 g/mol. The van der Waals surface area contributed by atoms with Crippen molar-refractivity contribution in [2.75, 3.05) is 18.0 Å². The number of guanidine groups is 1. The smallest absolute Gasteiger partial charge is 0.212 e. The molecule has 0 radical (unpaired) electrons. The number of nitrogens with zero attached hydrogens (tertiary/aromatic N) is 2. The first-order chi connectivity index (χ1) is 8.36. The SMILES string of the molecule is CCN=C(NN)N1CCCCc2ccccc21. The number of benzene rings is 1. The predicted octanol–water partition coefficient (Wildman–Crippen LogP) is 1.67. The summed E-state index contributed by atoms with van der Waals surface area (Å²) in [5, 5.41) is 0. The molecule has 92 valence electrons. The molecule has 0 unspecified atom stereocenters. The third-order valence-electron chi connectivity index (χ3n) is 3.05. The van der Waals surface area contributed by atoms with Crippen LogP contribution in [0.3, 0.4) is 0 Å². The van der Waals surface area contributed by atoms with Crippen LogP contribution in [0.5, 0.6) is 0 Å². The highest BCUT2D eigenvalue weighted by atomic mass is 15.4. The van der Waals surface area contributed by atoms with Crippen LogP contribution in [-0.4, -0.2) is 19.0 Å². The van der Waals surface area contributed by atoms with Crippen molar-refractivity contribution < 1.29 is 0 Å². The van der Waals surface area contributed by atoms with Gasteiger partial charge in [-0.3, -0.25) is 10.4 Å². The van der Waals surface area contributed by atoms with E-state index in [1.54, 1.807) is 0 Å². The van der Waals surface area contributed by atoms with E-state index in [2.05, 4.69) is 39.6 Å². The average molecular weight is 232 g/mol. The highest BCUT2D eigenvalue weighted by molar-refractivity contribution is 5.96. The molecule has 0 atom stereocenters. The summed E-state index contributed by atoms with van der Waals surface area (Å²) in [6, 6.07) is 8.49. The fourth-order valence-electron chi connectivity index (χ4n) is 2.27. The Labute approximate surface area is 102 Å². The van der Waals surface area contributed by atoms with E-state index in [-0.39, 0.29) is 0 Å². The molecule has 1 aromatic carbocycles. The van der Waals surface area contributed by atoms with Crippen LogP contribution in [-0.2, 0) is 6.42 Å². The van der Waals surface area contributed by atoms with Crippen LogP contribution in [0, 0.1) is 0 Å². The van der Waals surface area contributed by atoms with Crippen LogP contribution in [0.1, 0.15) is 25.3 Å². The number of hydrazine groups is 1. The first kappa shape index (κ1) is 11.9. The second-order valence-corrected chi connectivity index (χ2v) is 4.18. The molecule has 17 heavy (non-hydrogen) atoms. The molecule has 0 saturated heterocycles. The Balaban J connectivity index is 2.37. The van der Waals surface area contributed by atoms with Gasteiger partial charge in [0.1, 0.15) is 0 Å². The molecule has 1 heterocycles. The molecule has 0 spiro atoms. The lowest BCUT2D eigenvalue weighted by atomic mass is 10.1. The molecule has 0 aliphatic carbocycles. The van der Waals surface area contributed by atoms with Crippen molar-refractivity contribution in [1.82, 2.24) is 5.43 Å². The van der Waals surface area contributed by atoms with Crippen molar-refractivity contribution in [2.45, 2.75) is 26.2 Å². The van der Waals surface area contributed by atoms with E-state index < -0.39 is 0 Å². The molecule has 4 nitrogen and oxygen atoms in total. The number of hydrogen-bond acceptors (Lipinski definition) is 2. The van der Waals surface area contributed by atoms with Gasteiger partial charge in [0, 0.05) is 18.8 Å². The molecular formula is C13H20N4. The minimum atomic E-state index is 0.734. The minimum absolute atomic E-state index is 0.734. The molecule has 1 aromatic rings. The van der Waals surface area contributed by atoms with Gasteiger partial charge in [0.25, 0.3) is 0 Å². The van der Waals surface area contributed by atoms with E-state index in [0.717, 1.165) is 25.5 Å². The van der Waals surface area contributed by atoms with E-state index in [4.69, 9.17) is 5.84 Å². The Kier molecular flexibility index (Phi) is 3.98. The van der Waals surface area contributed by atoms with Gasteiger partial charge in [-0.15, -0.1) is 0 Å². The quantitative estimate of drug-likeness (QED) is 0.335. The third-order valence-corrected chi connectivity index (χ3v) is 3.05. The summed E-state index contributed by atoms with van der Waals surface area (Å²) < 4.78 is 0. The predicted molar refractivity (Wildman–Crippen MR) is 72.0 cm³/mol. The number of aryl methyl sites for hydroxylation is 1. The van der Waals surface area contributed by atoms with Gasteiger partial charge < -0.3 is 4.90 Å². The molecule has 3 N–H and O–H groups in total. The van der Waals surface area contributed by atoms with Crippen molar-refractivity contribution in [1.29, 1.82) is 0 Å². The van der Waals surface area contributed by atoms with E-state index in [0.29, 0.717) is 0 Å². The summed E-state index contributed by atoms with van der Waals surface area (Å²) >= 11 is 0. The maximum atomic E-state index is 5.58. The van der Waals surface area contributed by atoms with Gasteiger partial charge in [-0.05, 0) is 37.8 Å². The van der Waals surface area contributed by atoms with Crippen LogP contribution in [0.25, 0.3) is 0 Å². The molecule has 2 rings (SSSR count). The van der Waals surface area contributed by atoms with Crippen molar-refractivity contribution in [3.63, 3.8) is 0 Å². The van der Waals surface area contributed by atoms with Crippen LogP contribution in [0.15, 0.2) is 29.3 Å². The van der Waals surface area contributed by atoms with Gasteiger partial charge in [0.2, 0.25) is 5.96 Å². The first-order valence-electron chi connectivity index (χ1n) is 6.23. The van der Waals surface area contributed by atoms with Gasteiger partial charge in [-0.2, -0.15) is 0 Å². The maximum Gasteiger partial charge on any atom is 0.212 e. The summed E-state index contributed by atoms with van der Waals surface area (Å²) in [7, 11) is 0. The van der Waals surface area contributed by atoms with E-state index in [1.165, 1.54) is 24.1 Å². The number of nitrogens with two attached hydrogens (primary N) is 1. The molecule has 0 bridgehead atoms. The highest BCUT2D eigenvalue weighted by Crippen LogP contribution is 2.25. The van der Waals surface area contributed by atoms with Crippen molar-refractivity contribution >= 4 is 11.6 Å². The van der Waals surface area contributed by atoms with E-state index in [1.807, 2.05) is 6.92 Å². The molecule has 1 aliphatic heterocycles. The maximum absolute atomic E-state index is 5.58. The van der Waals surface area contributed by atoms with Gasteiger partial charge in [-0.25, -0.2) is 5.84 Å². The molecule has 0 saturated carbocycles. The minimum Gasteiger partial charge on any atom is -0.311 e. The van der Waals surface area contributed by atoms with Crippen LogP contribution < -0.4 is 16.2 Å². The summed E-state index contributed by atoms with van der Waals surface area (Å²) in [4.78, 5) is 6.60. The Hall–Kier alpha value is -1.55. The Bertz CT molecular complexity index is 400. The molecule has 4 heteroatoms. The molecule has 0 fully saturated rings. The number of hydrogen-bond donors (Lipinski definition) is 2. The zero-order chi connectivity index (χ0) is 12.1. The largest absolute Gasteiger partial charge is 0.311 e. The number of para-hydroxylation sites is 1. The van der Waals surface area contributed by atoms with Crippen LogP contribution in [0.4, 0.5) is 5.69 Å². The van der Waals surface area contributed by atoms with Gasteiger partial charge in [0.05, 0.1) is 0 Å². The number of nitrogens with one attached hydrogen (secondary N) is 1. The lowest BCUT2D eigenvalue weighted by molar-refractivity contribution is 0.757. The normalized spacial score (nSPS) is 16.4. The average Bonchev–Trinajstić information content (AvgIpc) is 2.58. The Morgan fingerprint density at radius 3 is 3.00 bits per heavy atom. The van der Waals surface area contributed by atoms with Crippen molar-refractivity contribution in [3.05, 3.63) is 29.8 Å². The van der Waals surface area contributed by atoms with Gasteiger partial charge in [-0.1, -0.05) is 18.2 Å². The van der Waals surface area contributed by atoms with Crippen molar-refractivity contribution in [2.24, 2.45) is 10.8 Å². The second kappa shape index (κ2) is 5.68. The fraction of sp³-hybridized carbons (Fsp3) is 0.462. The van der Waals surface area contributed by atoms with E-state index in [9.17, 15) is 0 Å². The topological polar surface area (TPSA) is 53.6 Å². The van der Waals surface area contributed by atoms with E-state index >= 15 is 0 Å². The zero-order valence-electron chi connectivity index (χ0n) is 10.3. The Morgan fingerprint density at radius 2 is 2.24 bits per heavy atom. The number of aliphatic imine (C=N–C) groups is 1. The summed E-state index contributed by atoms with van der Waals surface area (Å²) in [5.41, 5.74) is 5.33. The lowest BCUT2D eigenvalue weighted by Gasteiger charge is -2.25. The highest BCUT2D eigenvalue weighted by Gasteiger charge is 2.18. The van der Waals surface area contributed by atoms with Crippen LogP contribution >= 0.6 is 0 Å². The van der Waals surface area contributed by atoms with Crippen molar-refractivity contribution in [3.8, 4) is 0 Å². The molecule has 1 aliphatic rings. The molecular weight excluding hydrogens is 212 g/mol. The standard InChI is InChI=1S/C13H20N4/c1-2-15-13(16-14)17-10-6-5-8-11-7-3-4-9-12(11)17/h3-4,7,9H,2,5-6,8,10,14H2,1H3,(H,15,16). The number of rotatable bonds is 1. The lowest BCUT2D eigenvalue weighted by Crippen LogP contribution is -2.45. The Morgan fingerprint density at radius 1 is 1.41 bits per heavy atom. The number of anilines is 1. The van der Waals surface area contributed by atoms with Gasteiger partial charge in [0.15, 0.2) is 0 Å². The first-order valence-corrected chi connectivity index (χ1v) is 6.23. The summed E-state index contributed by atoms with van der Waals surface area (Å²) in [5.74, 6) is 6.34. The summed E-state index contributed by atoms with van der Waals surface area (Å²) in [6.07, 6.45) is 3.52.